The van der Waals surface area contributed by atoms with Crippen molar-refractivity contribution in [2.45, 2.75) is 0 Å². The maximum atomic E-state index is 5.06. The van der Waals surface area contributed by atoms with Crippen molar-refractivity contribution in [3.05, 3.63) is 0 Å². The Morgan fingerprint density at radius 2 is 1.75 bits per heavy atom. The van der Waals surface area contributed by atoms with Crippen LogP contribution < -0.4 is 17.2 Å². The Hall–Kier alpha value is -0.830. The first-order valence-corrected chi connectivity index (χ1v) is 2.31. The SMILES string of the molecule is NC(N)=NC(N)=NP. The number of guanidine groups is 2. The maximum absolute atomic E-state index is 5.06. The fourth-order valence-electron chi connectivity index (χ4n) is 0.161. The summed E-state index contributed by atoms with van der Waals surface area (Å²) in [6.07, 6.45) is 0. The molecule has 6 heteroatoms. The zero-order valence-corrected chi connectivity index (χ0v) is 5.36. The molecule has 0 amide bonds. The van der Waals surface area contributed by atoms with E-state index in [-0.39, 0.29) is 11.9 Å². The summed E-state index contributed by atoms with van der Waals surface area (Å²) in [5.41, 5.74) is 14.9. The van der Waals surface area contributed by atoms with E-state index >= 15 is 0 Å². The molecular formula is C2H8N5P. The third-order valence-corrected chi connectivity index (χ3v) is 0.640. The van der Waals surface area contributed by atoms with Gasteiger partial charge in [0.15, 0.2) is 5.96 Å². The van der Waals surface area contributed by atoms with Gasteiger partial charge < -0.3 is 17.2 Å². The molecule has 0 radical (unpaired) electrons. The highest BCUT2D eigenvalue weighted by molar-refractivity contribution is 7.15. The summed E-state index contributed by atoms with van der Waals surface area (Å²) in [6.45, 7) is 0. The molecule has 0 aliphatic carbocycles. The molecule has 8 heavy (non-hydrogen) atoms. The Labute approximate surface area is 49.3 Å². The molecule has 0 fully saturated rings. The van der Waals surface area contributed by atoms with Gasteiger partial charge in [0.2, 0.25) is 5.96 Å². The molecule has 0 rings (SSSR count). The molecule has 0 aromatic heterocycles. The van der Waals surface area contributed by atoms with Crippen LogP contribution in [0.2, 0.25) is 0 Å². The normalized spacial score (nSPS) is 10.9. The van der Waals surface area contributed by atoms with Crippen LogP contribution in [0, 0.1) is 0 Å². The summed E-state index contributed by atoms with van der Waals surface area (Å²) in [7, 11) is 2.03. The van der Waals surface area contributed by atoms with Crippen LogP contribution in [0.5, 0.6) is 0 Å². The van der Waals surface area contributed by atoms with Gasteiger partial charge in [-0.15, -0.1) is 0 Å². The van der Waals surface area contributed by atoms with E-state index in [0.29, 0.717) is 0 Å². The zero-order chi connectivity index (χ0) is 6.57. The van der Waals surface area contributed by atoms with Crippen molar-refractivity contribution in [1.82, 2.24) is 0 Å². The molecular weight excluding hydrogens is 125 g/mol. The Morgan fingerprint density at radius 3 is 1.88 bits per heavy atom. The number of hydrogen-bond acceptors (Lipinski definition) is 1. The highest BCUT2D eigenvalue weighted by Crippen LogP contribution is 1.80. The molecule has 0 aliphatic heterocycles. The highest BCUT2D eigenvalue weighted by Gasteiger charge is 1.81. The van der Waals surface area contributed by atoms with Crippen molar-refractivity contribution in [3.63, 3.8) is 0 Å². The summed E-state index contributed by atoms with van der Waals surface area (Å²) in [5, 5.41) is 0. The topological polar surface area (TPSA) is 103 Å². The van der Waals surface area contributed by atoms with E-state index < -0.39 is 0 Å². The molecule has 0 heterocycles. The van der Waals surface area contributed by atoms with Crippen LogP contribution in [-0.4, -0.2) is 11.9 Å². The fraction of sp³-hybridized carbons (Fsp3) is 0. The smallest absolute Gasteiger partial charge is 0.221 e. The van der Waals surface area contributed by atoms with Gasteiger partial charge in [0.05, 0.1) is 0 Å². The third-order valence-electron chi connectivity index (χ3n) is 0.376. The van der Waals surface area contributed by atoms with Crippen molar-refractivity contribution in [2.75, 3.05) is 0 Å². The molecule has 0 saturated carbocycles. The maximum Gasteiger partial charge on any atom is 0.221 e. The second-order valence-electron chi connectivity index (χ2n) is 1.02. The van der Waals surface area contributed by atoms with Gasteiger partial charge in [0.25, 0.3) is 0 Å². The van der Waals surface area contributed by atoms with E-state index in [4.69, 9.17) is 17.2 Å². The lowest BCUT2D eigenvalue weighted by Crippen LogP contribution is -2.26. The highest BCUT2D eigenvalue weighted by atomic mass is 31.0. The predicted octanol–water partition coefficient (Wildman–Crippen LogP) is -1.64. The number of nitrogens with zero attached hydrogens (tertiary/aromatic N) is 2. The average Bonchev–Trinajstić information content (AvgIpc) is 1.65. The number of hydrogen-bond donors (Lipinski definition) is 3. The molecule has 0 spiro atoms. The van der Waals surface area contributed by atoms with Crippen molar-refractivity contribution in [2.24, 2.45) is 27.0 Å². The summed E-state index contributed by atoms with van der Waals surface area (Å²) in [6, 6.07) is 0. The molecule has 0 aromatic rings. The minimum absolute atomic E-state index is 0.0509. The predicted molar refractivity (Wildman–Crippen MR) is 37.1 cm³/mol. The molecule has 6 N–H and O–H groups in total. The molecule has 46 valence electrons. The van der Waals surface area contributed by atoms with Crippen molar-refractivity contribution in [1.29, 1.82) is 0 Å². The zero-order valence-electron chi connectivity index (χ0n) is 4.20. The Kier molecular flexibility index (Phi) is 2.88. The molecule has 0 aromatic carbocycles. The summed E-state index contributed by atoms with van der Waals surface area (Å²) in [4.78, 5) is 3.38. The molecule has 0 bridgehead atoms. The first kappa shape index (κ1) is 7.17. The van der Waals surface area contributed by atoms with E-state index in [1.807, 2.05) is 9.39 Å². The van der Waals surface area contributed by atoms with Gasteiger partial charge in [-0.25, -0.2) is 4.76 Å². The van der Waals surface area contributed by atoms with E-state index in [1.165, 1.54) is 0 Å². The van der Waals surface area contributed by atoms with Gasteiger partial charge in [-0.05, 0) is 9.39 Å². The molecule has 1 unspecified atom stereocenters. The first-order valence-electron chi connectivity index (χ1n) is 1.80. The van der Waals surface area contributed by atoms with E-state index in [2.05, 4.69) is 9.76 Å². The Bertz CT molecular complexity index is 122. The van der Waals surface area contributed by atoms with Crippen molar-refractivity contribution >= 4 is 21.3 Å². The van der Waals surface area contributed by atoms with E-state index in [1.54, 1.807) is 0 Å². The van der Waals surface area contributed by atoms with Crippen LogP contribution in [0.1, 0.15) is 0 Å². The van der Waals surface area contributed by atoms with Gasteiger partial charge in [0, 0.05) is 0 Å². The standard InChI is InChI=1S/C2H8N5P/c3-1(4)6-2(5)7-8/h8H2,(H6,3,4,5,6,7). The van der Waals surface area contributed by atoms with Crippen LogP contribution in [0.3, 0.4) is 0 Å². The number of nitrogens with two attached hydrogens (primary N) is 3. The third kappa shape index (κ3) is 3.36. The fourth-order valence-corrected chi connectivity index (χ4v) is 0.219. The van der Waals surface area contributed by atoms with Gasteiger partial charge >= 0.3 is 0 Å². The second-order valence-corrected chi connectivity index (χ2v) is 1.28. The lowest BCUT2D eigenvalue weighted by atomic mass is 11.0. The van der Waals surface area contributed by atoms with E-state index in [9.17, 15) is 0 Å². The van der Waals surface area contributed by atoms with Gasteiger partial charge in [0.1, 0.15) is 0 Å². The molecule has 1 atom stereocenters. The Morgan fingerprint density at radius 1 is 1.25 bits per heavy atom. The quantitative estimate of drug-likeness (QED) is 0.210. The molecule has 0 aliphatic rings. The minimum Gasteiger partial charge on any atom is -0.370 e. The number of rotatable bonds is 0. The summed E-state index contributed by atoms with van der Waals surface area (Å²) < 4.78 is 3.39. The summed E-state index contributed by atoms with van der Waals surface area (Å²) >= 11 is 0. The molecule has 5 nitrogen and oxygen atoms in total. The van der Waals surface area contributed by atoms with Gasteiger partial charge in [-0.2, -0.15) is 4.99 Å². The number of aliphatic imine (C=N–C) groups is 1. The lowest BCUT2D eigenvalue weighted by Gasteiger charge is -1.87. The summed E-state index contributed by atoms with van der Waals surface area (Å²) in [5.74, 6) is -0.0382. The van der Waals surface area contributed by atoms with Crippen molar-refractivity contribution in [3.8, 4) is 0 Å². The van der Waals surface area contributed by atoms with Crippen LogP contribution in [-0.2, 0) is 0 Å². The minimum atomic E-state index is -0.0892. The molecule has 0 saturated heterocycles. The second kappa shape index (κ2) is 3.21. The average molecular weight is 133 g/mol. The monoisotopic (exact) mass is 133 g/mol. The van der Waals surface area contributed by atoms with Crippen LogP contribution >= 0.6 is 9.39 Å². The van der Waals surface area contributed by atoms with Crippen LogP contribution in [0.25, 0.3) is 0 Å². The van der Waals surface area contributed by atoms with Crippen molar-refractivity contribution < 1.29 is 0 Å². The lowest BCUT2D eigenvalue weighted by molar-refractivity contribution is 1.43. The van der Waals surface area contributed by atoms with Gasteiger partial charge in [-0.3, -0.25) is 0 Å². The first-order chi connectivity index (χ1) is 3.66. The van der Waals surface area contributed by atoms with Gasteiger partial charge in [-0.1, -0.05) is 0 Å². The largest absolute Gasteiger partial charge is 0.370 e. The van der Waals surface area contributed by atoms with E-state index in [0.717, 1.165) is 0 Å². The van der Waals surface area contributed by atoms with Crippen LogP contribution in [0.15, 0.2) is 9.76 Å². The van der Waals surface area contributed by atoms with Crippen LogP contribution in [0.4, 0.5) is 0 Å². The Balaban J connectivity index is 3.89.